The van der Waals surface area contributed by atoms with Crippen LogP contribution in [0.1, 0.15) is 58.1 Å². The van der Waals surface area contributed by atoms with Crippen molar-refractivity contribution in [2.24, 2.45) is 22.7 Å². The van der Waals surface area contributed by atoms with Gasteiger partial charge in [-0.3, -0.25) is 4.79 Å². The molecule has 136 valence electrons. The minimum atomic E-state index is -0.383. The number of carbonyl (C=O) groups excluding carboxylic acids is 1. The number of carbonyl (C=O) groups is 1. The van der Waals surface area contributed by atoms with Gasteiger partial charge in [-0.15, -0.1) is 0 Å². The lowest BCUT2D eigenvalue weighted by molar-refractivity contribution is -0.138. The lowest BCUT2D eigenvalue weighted by Gasteiger charge is -2.56. The molecule has 4 atom stereocenters. The highest BCUT2D eigenvalue weighted by Crippen LogP contribution is 2.66. The largest absolute Gasteiger partial charge is 0.508 e. The monoisotopic (exact) mass is 343 g/mol. The van der Waals surface area contributed by atoms with Crippen LogP contribution in [0.2, 0.25) is 0 Å². The summed E-state index contributed by atoms with van der Waals surface area (Å²) >= 11 is 0. The Kier molecular flexibility index (Phi) is 3.30. The summed E-state index contributed by atoms with van der Waals surface area (Å²) in [5.74, 6) is 1.22. The van der Waals surface area contributed by atoms with E-state index in [0.29, 0.717) is 11.8 Å². The molecule has 1 saturated carbocycles. The third-order valence-corrected chi connectivity index (χ3v) is 7.90. The fraction of sp³-hybridized carbons (Fsp3) is 0.667. The van der Waals surface area contributed by atoms with E-state index in [1.165, 1.54) is 6.07 Å². The highest BCUT2D eigenvalue weighted by molar-refractivity contribution is 5.82. The highest BCUT2D eigenvalue weighted by Gasteiger charge is 2.62. The Balaban J connectivity index is 1.85. The van der Waals surface area contributed by atoms with Gasteiger partial charge < -0.3 is 15.5 Å². The summed E-state index contributed by atoms with van der Waals surface area (Å²) < 4.78 is 0. The van der Waals surface area contributed by atoms with Crippen LogP contribution >= 0.6 is 0 Å². The van der Waals surface area contributed by atoms with E-state index in [-0.39, 0.29) is 33.7 Å². The minimum absolute atomic E-state index is 0.0245. The number of phenols is 2. The van der Waals surface area contributed by atoms with Crippen molar-refractivity contribution in [1.29, 1.82) is 0 Å². The van der Waals surface area contributed by atoms with Crippen molar-refractivity contribution < 1.29 is 15.0 Å². The normalized spacial score (nSPS) is 39.0. The first-order valence-corrected chi connectivity index (χ1v) is 9.44. The van der Waals surface area contributed by atoms with Gasteiger partial charge in [0.2, 0.25) is 5.91 Å². The van der Waals surface area contributed by atoms with Crippen LogP contribution in [0.15, 0.2) is 12.1 Å². The number of fused-ring (bicyclic) bond motifs is 5. The molecule has 0 aromatic heterocycles. The van der Waals surface area contributed by atoms with E-state index < -0.39 is 0 Å². The molecular weight excluding hydrogens is 314 g/mol. The fourth-order valence-electron chi connectivity index (χ4n) is 6.75. The maximum absolute atomic E-state index is 12.6. The third kappa shape index (κ3) is 2.03. The van der Waals surface area contributed by atoms with Gasteiger partial charge in [-0.1, -0.05) is 27.7 Å². The molecular formula is C21H29NO3. The highest BCUT2D eigenvalue weighted by atomic mass is 16.3. The predicted molar refractivity (Wildman–Crippen MR) is 96.6 cm³/mol. The Labute approximate surface area is 149 Å². The number of rotatable bonds is 0. The molecule has 1 unspecified atom stereocenters. The second-order valence-electron chi connectivity index (χ2n) is 9.50. The molecule has 0 bridgehead atoms. The molecule has 1 aliphatic heterocycles. The molecule has 4 rings (SSSR count). The summed E-state index contributed by atoms with van der Waals surface area (Å²) in [4.78, 5) is 12.6. The summed E-state index contributed by atoms with van der Waals surface area (Å²) in [6.07, 6.45) is 3.79. The molecule has 0 radical (unpaired) electrons. The smallest absolute Gasteiger partial charge is 0.225 e. The third-order valence-electron chi connectivity index (χ3n) is 7.90. The molecule has 25 heavy (non-hydrogen) atoms. The molecule has 4 heteroatoms. The van der Waals surface area contributed by atoms with Crippen molar-refractivity contribution in [3.63, 3.8) is 0 Å². The second kappa shape index (κ2) is 4.93. The first-order chi connectivity index (χ1) is 11.6. The lowest BCUT2D eigenvalue weighted by Crippen LogP contribution is -2.54. The van der Waals surface area contributed by atoms with Crippen molar-refractivity contribution in [3.8, 4) is 11.5 Å². The zero-order chi connectivity index (χ0) is 18.2. The van der Waals surface area contributed by atoms with E-state index >= 15 is 0 Å². The SMILES string of the molecule is CC1(C)C(=O)NCC[C@@]2(C)C1CC[C@@]1(C)c3c(O)cc(O)cc3C[C@@H]12. The Hall–Kier alpha value is -1.71. The number of benzene rings is 1. The van der Waals surface area contributed by atoms with Crippen LogP contribution in [-0.2, 0) is 16.6 Å². The van der Waals surface area contributed by atoms with Crippen molar-refractivity contribution in [2.75, 3.05) is 6.54 Å². The molecule has 4 nitrogen and oxygen atoms in total. The molecule has 3 N–H and O–H groups in total. The minimum Gasteiger partial charge on any atom is -0.508 e. The average Bonchev–Trinajstić information content (AvgIpc) is 2.76. The topological polar surface area (TPSA) is 69.6 Å². The van der Waals surface area contributed by atoms with Crippen molar-refractivity contribution in [3.05, 3.63) is 23.3 Å². The summed E-state index contributed by atoms with van der Waals surface area (Å²) in [6.45, 7) is 9.52. The fourth-order valence-corrected chi connectivity index (χ4v) is 6.75. The van der Waals surface area contributed by atoms with Crippen molar-refractivity contribution in [1.82, 2.24) is 5.32 Å². The van der Waals surface area contributed by atoms with Crippen molar-refractivity contribution in [2.45, 2.75) is 58.8 Å². The summed E-state index contributed by atoms with van der Waals surface area (Å²) in [7, 11) is 0. The van der Waals surface area contributed by atoms with Gasteiger partial charge in [-0.2, -0.15) is 0 Å². The first kappa shape index (κ1) is 16.7. The van der Waals surface area contributed by atoms with Gasteiger partial charge in [0.05, 0.1) is 0 Å². The van der Waals surface area contributed by atoms with Gasteiger partial charge in [0.1, 0.15) is 11.5 Å². The molecule has 1 aromatic rings. The summed E-state index contributed by atoms with van der Waals surface area (Å²) in [6, 6.07) is 3.30. The van der Waals surface area contributed by atoms with E-state index in [1.807, 2.05) is 6.07 Å². The van der Waals surface area contributed by atoms with E-state index in [9.17, 15) is 15.0 Å². The first-order valence-electron chi connectivity index (χ1n) is 9.44. The van der Waals surface area contributed by atoms with Gasteiger partial charge in [0.25, 0.3) is 0 Å². The molecule has 1 amide bonds. The second-order valence-corrected chi connectivity index (χ2v) is 9.50. The van der Waals surface area contributed by atoms with Gasteiger partial charge in [0.15, 0.2) is 0 Å². The Morgan fingerprint density at radius 2 is 1.80 bits per heavy atom. The Morgan fingerprint density at radius 1 is 1.08 bits per heavy atom. The van der Waals surface area contributed by atoms with E-state index in [1.54, 1.807) is 0 Å². The van der Waals surface area contributed by atoms with Gasteiger partial charge in [-0.05, 0) is 54.6 Å². The molecule has 2 aliphatic carbocycles. The van der Waals surface area contributed by atoms with Crippen LogP contribution in [0.3, 0.4) is 0 Å². The van der Waals surface area contributed by atoms with Crippen LogP contribution in [0, 0.1) is 22.7 Å². The quantitative estimate of drug-likeness (QED) is 0.675. The molecule has 1 saturated heterocycles. The number of nitrogens with one attached hydrogen (secondary N) is 1. The summed E-state index contributed by atoms with van der Waals surface area (Å²) in [5.41, 5.74) is 1.65. The predicted octanol–water partition coefficient (Wildman–Crippen LogP) is 3.49. The molecule has 0 spiro atoms. The van der Waals surface area contributed by atoms with Gasteiger partial charge in [-0.25, -0.2) is 0 Å². The number of hydrogen-bond acceptors (Lipinski definition) is 3. The lowest BCUT2D eigenvalue weighted by atomic mass is 9.47. The number of hydrogen-bond donors (Lipinski definition) is 3. The molecule has 1 aromatic carbocycles. The zero-order valence-corrected chi connectivity index (χ0v) is 15.6. The van der Waals surface area contributed by atoms with Gasteiger partial charge >= 0.3 is 0 Å². The Morgan fingerprint density at radius 3 is 2.52 bits per heavy atom. The average molecular weight is 343 g/mol. The van der Waals surface area contributed by atoms with Crippen LogP contribution in [0.5, 0.6) is 11.5 Å². The number of phenolic OH excluding ortho intramolecular Hbond substituents is 2. The van der Waals surface area contributed by atoms with E-state index in [2.05, 4.69) is 33.0 Å². The van der Waals surface area contributed by atoms with Crippen LogP contribution in [0.25, 0.3) is 0 Å². The molecule has 2 fully saturated rings. The number of aromatic hydroxyl groups is 2. The maximum atomic E-state index is 12.6. The number of amides is 1. The van der Waals surface area contributed by atoms with Gasteiger partial charge in [0, 0.05) is 29.0 Å². The zero-order valence-electron chi connectivity index (χ0n) is 15.6. The van der Waals surface area contributed by atoms with Crippen molar-refractivity contribution >= 4 is 5.91 Å². The maximum Gasteiger partial charge on any atom is 0.225 e. The van der Waals surface area contributed by atoms with Crippen LogP contribution in [0.4, 0.5) is 0 Å². The summed E-state index contributed by atoms with van der Waals surface area (Å²) in [5, 5.41) is 23.6. The van der Waals surface area contributed by atoms with E-state index in [4.69, 9.17) is 0 Å². The van der Waals surface area contributed by atoms with Crippen LogP contribution < -0.4 is 5.32 Å². The standard InChI is InChI=1S/C21H29NO3/c1-19(2)15-5-6-21(4)16(20(15,3)7-8-22-18(19)25)10-12-9-13(23)11-14(24)17(12)21/h9,11,15-16,23-24H,5-8,10H2,1-4H3,(H,22,25)/t15?,16-,20+,21-/m1/s1. The van der Waals surface area contributed by atoms with E-state index in [0.717, 1.165) is 43.4 Å². The van der Waals surface area contributed by atoms with Crippen LogP contribution in [-0.4, -0.2) is 22.7 Å². The molecule has 3 aliphatic rings. The Bertz CT molecular complexity index is 756. The molecule has 1 heterocycles.